The molecule has 126 valence electrons. The van der Waals surface area contributed by atoms with Crippen molar-refractivity contribution in [3.05, 3.63) is 24.3 Å². The third-order valence-corrected chi connectivity index (χ3v) is 2.62. The van der Waals surface area contributed by atoms with Gasteiger partial charge in [0.1, 0.15) is 18.5 Å². The van der Waals surface area contributed by atoms with Crippen LogP contribution in [0, 0.1) is 0 Å². The molecule has 0 aliphatic carbocycles. The van der Waals surface area contributed by atoms with Crippen molar-refractivity contribution in [3.8, 4) is 5.75 Å². The Morgan fingerprint density at radius 1 is 1.23 bits per heavy atom. The number of methoxy groups -OCH3 is 1. The summed E-state index contributed by atoms with van der Waals surface area (Å²) in [6.45, 7) is 10.7. The molecule has 5 heteroatoms. The Labute approximate surface area is 134 Å². The van der Waals surface area contributed by atoms with Crippen LogP contribution in [0.3, 0.4) is 0 Å². The molecule has 0 saturated heterocycles. The van der Waals surface area contributed by atoms with Crippen LogP contribution in [-0.4, -0.2) is 43.4 Å². The number of nitrogens with zero attached hydrogens (tertiary/aromatic N) is 1. The van der Waals surface area contributed by atoms with Crippen molar-refractivity contribution in [3.63, 3.8) is 0 Å². The van der Waals surface area contributed by atoms with E-state index in [0.29, 0.717) is 24.2 Å². The van der Waals surface area contributed by atoms with Crippen molar-refractivity contribution in [1.29, 1.82) is 0 Å². The molecule has 1 aromatic carbocycles. The first-order valence-electron chi connectivity index (χ1n) is 7.75. The van der Waals surface area contributed by atoms with Crippen molar-refractivity contribution in [2.45, 2.75) is 46.8 Å². The van der Waals surface area contributed by atoms with Gasteiger partial charge in [0.05, 0.1) is 12.8 Å². The van der Waals surface area contributed by atoms with E-state index in [0.717, 1.165) is 5.69 Å². The second kappa shape index (κ2) is 12.0. The Balaban J connectivity index is 0.00000211. The molecule has 0 radical (unpaired) electrons. The quantitative estimate of drug-likeness (QED) is 0.600. The number of aliphatic hydroxyl groups excluding tert-OH is 1. The average Bonchev–Trinajstić information content (AvgIpc) is 2.54. The van der Waals surface area contributed by atoms with Crippen molar-refractivity contribution in [1.82, 2.24) is 5.32 Å². The van der Waals surface area contributed by atoms with Gasteiger partial charge in [-0.3, -0.25) is 0 Å². The van der Waals surface area contributed by atoms with E-state index in [1.54, 1.807) is 14.0 Å². The van der Waals surface area contributed by atoms with Gasteiger partial charge < -0.3 is 19.9 Å². The molecular weight excluding hydrogens is 280 g/mol. The minimum absolute atomic E-state index is 0.263. The maximum atomic E-state index is 9.74. The van der Waals surface area contributed by atoms with E-state index in [9.17, 15) is 5.11 Å². The number of benzene rings is 1. The van der Waals surface area contributed by atoms with Crippen molar-refractivity contribution >= 4 is 11.6 Å². The molecule has 1 aromatic rings. The minimum Gasteiger partial charge on any atom is -0.491 e. The largest absolute Gasteiger partial charge is 0.491 e. The zero-order chi connectivity index (χ0) is 17.0. The molecule has 1 unspecified atom stereocenters. The van der Waals surface area contributed by atoms with Gasteiger partial charge in [-0.2, -0.15) is 0 Å². The predicted octanol–water partition coefficient (Wildman–Crippen LogP) is 3.15. The van der Waals surface area contributed by atoms with Crippen LogP contribution in [0.5, 0.6) is 5.75 Å². The van der Waals surface area contributed by atoms with Crippen LogP contribution in [-0.2, 0) is 4.74 Å². The fourth-order valence-corrected chi connectivity index (χ4v) is 1.47. The molecule has 0 fully saturated rings. The lowest BCUT2D eigenvalue weighted by Crippen LogP contribution is -2.35. The summed E-state index contributed by atoms with van der Waals surface area (Å²) in [6.07, 6.45) is -0.522. The van der Waals surface area contributed by atoms with Gasteiger partial charge in [0.2, 0.25) is 0 Å². The molecule has 22 heavy (non-hydrogen) atoms. The second-order valence-corrected chi connectivity index (χ2v) is 4.86. The Hall–Kier alpha value is -1.59. The second-order valence-electron chi connectivity index (χ2n) is 4.86. The summed E-state index contributed by atoms with van der Waals surface area (Å²) in [5, 5.41) is 12.9. The van der Waals surface area contributed by atoms with Crippen LogP contribution in [0.1, 0.15) is 34.6 Å². The van der Waals surface area contributed by atoms with Crippen LogP contribution >= 0.6 is 0 Å². The first-order valence-corrected chi connectivity index (χ1v) is 7.75. The standard InChI is InChI=1S/C15H24N2O3.C2H6/c1-11(2)16-9-14(18)10-20-15-7-5-13(6-8-15)17-12(3)19-4;1-2/h5-8,11,14,16,18H,9-10H2,1-4H3;1-2H3. The molecular formula is C17H30N2O3. The highest BCUT2D eigenvalue weighted by Gasteiger charge is 2.05. The Morgan fingerprint density at radius 3 is 2.32 bits per heavy atom. The summed E-state index contributed by atoms with van der Waals surface area (Å²) >= 11 is 0. The Kier molecular flexibility index (Phi) is 11.1. The molecule has 0 aromatic heterocycles. The maximum Gasteiger partial charge on any atom is 0.184 e. The van der Waals surface area contributed by atoms with Crippen LogP contribution < -0.4 is 10.1 Å². The first kappa shape index (κ1) is 20.4. The number of hydrogen-bond donors (Lipinski definition) is 2. The van der Waals surface area contributed by atoms with E-state index in [1.807, 2.05) is 52.0 Å². The summed E-state index contributed by atoms with van der Waals surface area (Å²) in [6, 6.07) is 7.69. The highest BCUT2D eigenvalue weighted by molar-refractivity contribution is 5.76. The van der Waals surface area contributed by atoms with E-state index < -0.39 is 6.10 Å². The van der Waals surface area contributed by atoms with Gasteiger partial charge in [-0.05, 0) is 24.3 Å². The zero-order valence-electron chi connectivity index (χ0n) is 14.6. The molecule has 2 N–H and O–H groups in total. The molecule has 5 nitrogen and oxygen atoms in total. The molecule has 1 atom stereocenters. The molecule has 0 heterocycles. The van der Waals surface area contributed by atoms with Gasteiger partial charge in [0, 0.05) is 19.5 Å². The van der Waals surface area contributed by atoms with Gasteiger partial charge in [-0.25, -0.2) is 4.99 Å². The third-order valence-electron chi connectivity index (χ3n) is 2.62. The predicted molar refractivity (Wildman–Crippen MR) is 92.2 cm³/mol. The zero-order valence-corrected chi connectivity index (χ0v) is 14.6. The van der Waals surface area contributed by atoms with Crippen LogP contribution in [0.25, 0.3) is 0 Å². The normalized spacial score (nSPS) is 12.5. The molecule has 0 spiro atoms. The monoisotopic (exact) mass is 310 g/mol. The Bertz CT molecular complexity index is 416. The van der Waals surface area contributed by atoms with Crippen molar-refractivity contribution in [2.24, 2.45) is 4.99 Å². The summed E-state index contributed by atoms with van der Waals surface area (Å²) in [5.74, 6) is 1.32. The maximum absolute atomic E-state index is 9.74. The van der Waals surface area contributed by atoms with E-state index in [-0.39, 0.29) is 6.61 Å². The molecule has 0 aliphatic heterocycles. The average molecular weight is 310 g/mol. The van der Waals surface area contributed by atoms with Gasteiger partial charge in [-0.15, -0.1) is 0 Å². The van der Waals surface area contributed by atoms with E-state index >= 15 is 0 Å². The fourth-order valence-electron chi connectivity index (χ4n) is 1.47. The fraction of sp³-hybridized carbons (Fsp3) is 0.588. The third kappa shape index (κ3) is 9.37. The van der Waals surface area contributed by atoms with Crippen molar-refractivity contribution < 1.29 is 14.6 Å². The van der Waals surface area contributed by atoms with Crippen LogP contribution in [0.2, 0.25) is 0 Å². The minimum atomic E-state index is -0.522. The van der Waals surface area contributed by atoms with Gasteiger partial charge >= 0.3 is 0 Å². The molecule has 0 saturated carbocycles. The van der Waals surface area contributed by atoms with Gasteiger partial charge in [0.15, 0.2) is 5.90 Å². The summed E-state index contributed by atoms with van der Waals surface area (Å²) in [5.41, 5.74) is 0.804. The summed E-state index contributed by atoms with van der Waals surface area (Å²) in [4.78, 5) is 4.24. The number of nitrogens with one attached hydrogen (secondary N) is 1. The number of ether oxygens (including phenoxy) is 2. The molecule has 0 aliphatic rings. The van der Waals surface area contributed by atoms with E-state index in [2.05, 4.69) is 10.3 Å². The highest BCUT2D eigenvalue weighted by atomic mass is 16.5. The SMILES string of the molecule is CC.COC(C)=Nc1ccc(OCC(O)CNC(C)C)cc1. The van der Waals surface area contributed by atoms with Crippen LogP contribution in [0.15, 0.2) is 29.3 Å². The van der Waals surface area contributed by atoms with Gasteiger partial charge in [-0.1, -0.05) is 27.7 Å². The number of rotatable bonds is 7. The molecule has 0 amide bonds. The first-order chi connectivity index (χ1) is 10.5. The van der Waals surface area contributed by atoms with Crippen molar-refractivity contribution in [2.75, 3.05) is 20.3 Å². The lowest BCUT2D eigenvalue weighted by molar-refractivity contribution is 0.104. The number of aliphatic imine (C=N–C) groups is 1. The topological polar surface area (TPSA) is 63.1 Å². The number of hydrogen-bond acceptors (Lipinski definition) is 5. The van der Waals surface area contributed by atoms with E-state index in [4.69, 9.17) is 9.47 Å². The smallest absolute Gasteiger partial charge is 0.184 e. The summed E-state index contributed by atoms with van der Waals surface area (Å²) in [7, 11) is 1.59. The van der Waals surface area contributed by atoms with Gasteiger partial charge in [0.25, 0.3) is 0 Å². The number of aliphatic hydroxyl groups is 1. The lowest BCUT2D eigenvalue weighted by Gasteiger charge is -2.15. The summed E-state index contributed by atoms with van der Waals surface area (Å²) < 4.78 is 10.5. The van der Waals surface area contributed by atoms with Crippen LogP contribution in [0.4, 0.5) is 5.69 Å². The van der Waals surface area contributed by atoms with E-state index in [1.165, 1.54) is 0 Å². The molecule has 1 rings (SSSR count). The molecule has 0 bridgehead atoms. The lowest BCUT2D eigenvalue weighted by atomic mass is 10.3. The Morgan fingerprint density at radius 2 is 1.82 bits per heavy atom. The highest BCUT2D eigenvalue weighted by Crippen LogP contribution is 2.18.